The minimum absolute atomic E-state index is 0.0856. The van der Waals surface area contributed by atoms with E-state index in [4.69, 9.17) is 5.73 Å². The number of carbonyl (C=O) groups is 1. The second-order valence-corrected chi connectivity index (χ2v) is 2.19. The maximum Gasteiger partial charge on any atom is 0.219 e. The molecule has 1 aliphatic rings. The van der Waals surface area contributed by atoms with E-state index in [1.165, 1.54) is 0 Å². The normalized spacial score (nSPS) is 22.2. The summed E-state index contributed by atoms with van der Waals surface area (Å²) >= 11 is 0. The Morgan fingerprint density at radius 2 is 2.40 bits per heavy atom. The lowest BCUT2D eigenvalue weighted by molar-refractivity contribution is -0.118. The number of carbonyl (C=O) groups excluding carboxylic acids is 1. The highest BCUT2D eigenvalue weighted by Gasteiger charge is 2.06. The molecule has 3 heteroatoms. The Morgan fingerprint density at radius 3 is 2.90 bits per heavy atom. The predicted octanol–water partition coefficient (Wildman–Crippen LogP) is -0.0965. The molecule has 1 amide bonds. The van der Waals surface area contributed by atoms with Gasteiger partial charge in [-0.15, -0.1) is 0 Å². The second-order valence-electron chi connectivity index (χ2n) is 2.19. The lowest BCUT2D eigenvalue weighted by atomic mass is 10.1. The van der Waals surface area contributed by atoms with E-state index in [0.29, 0.717) is 6.42 Å². The van der Waals surface area contributed by atoms with Gasteiger partial charge in [0, 0.05) is 0 Å². The molecule has 1 atom stereocenters. The maximum absolute atomic E-state index is 10.4. The standard InChI is InChI=1S/C7H10N2O/c8-7(10)5-6-3-1-2-4-9-6/h1-4,6,9H,5H2,(H2,8,10). The molecule has 0 aromatic rings. The lowest BCUT2D eigenvalue weighted by Crippen LogP contribution is -2.29. The first-order chi connectivity index (χ1) is 4.79. The molecule has 0 aromatic carbocycles. The van der Waals surface area contributed by atoms with E-state index in [-0.39, 0.29) is 11.9 Å². The molecule has 10 heavy (non-hydrogen) atoms. The van der Waals surface area contributed by atoms with E-state index in [1.54, 1.807) is 6.20 Å². The summed E-state index contributed by atoms with van der Waals surface area (Å²) in [6.07, 6.45) is 7.83. The molecule has 0 saturated carbocycles. The van der Waals surface area contributed by atoms with E-state index < -0.39 is 0 Å². The van der Waals surface area contributed by atoms with Gasteiger partial charge in [-0.1, -0.05) is 12.2 Å². The van der Waals surface area contributed by atoms with Crippen LogP contribution in [0.2, 0.25) is 0 Å². The van der Waals surface area contributed by atoms with Crippen LogP contribution in [0.3, 0.4) is 0 Å². The summed E-state index contributed by atoms with van der Waals surface area (Å²) in [6.45, 7) is 0. The molecule has 0 spiro atoms. The first-order valence-electron chi connectivity index (χ1n) is 3.17. The van der Waals surface area contributed by atoms with Crippen LogP contribution in [0.1, 0.15) is 6.42 Å². The minimum atomic E-state index is -0.280. The van der Waals surface area contributed by atoms with Crippen molar-refractivity contribution in [3.05, 3.63) is 24.4 Å². The molecule has 1 aliphatic heterocycles. The van der Waals surface area contributed by atoms with Crippen molar-refractivity contribution in [2.24, 2.45) is 5.73 Å². The third-order valence-corrected chi connectivity index (χ3v) is 1.28. The topological polar surface area (TPSA) is 55.1 Å². The van der Waals surface area contributed by atoms with E-state index >= 15 is 0 Å². The number of amides is 1. The van der Waals surface area contributed by atoms with Crippen molar-refractivity contribution in [1.29, 1.82) is 0 Å². The molecule has 0 aliphatic carbocycles. The average Bonchev–Trinajstić information content (AvgIpc) is 1.88. The summed E-state index contributed by atoms with van der Waals surface area (Å²) in [5.41, 5.74) is 4.99. The number of primary amides is 1. The van der Waals surface area contributed by atoms with Crippen LogP contribution in [0.4, 0.5) is 0 Å². The number of nitrogens with two attached hydrogens (primary N) is 1. The Bertz CT molecular complexity index is 184. The zero-order chi connectivity index (χ0) is 7.40. The van der Waals surface area contributed by atoms with Gasteiger partial charge in [0.2, 0.25) is 5.91 Å². The Hall–Kier alpha value is -1.25. The van der Waals surface area contributed by atoms with E-state index in [1.807, 2.05) is 18.2 Å². The average molecular weight is 138 g/mol. The molecule has 1 unspecified atom stereocenters. The maximum atomic E-state index is 10.4. The van der Waals surface area contributed by atoms with Crippen LogP contribution in [0.15, 0.2) is 24.4 Å². The summed E-state index contributed by atoms with van der Waals surface area (Å²) in [7, 11) is 0. The summed E-state index contributed by atoms with van der Waals surface area (Å²) in [6, 6.07) is 0.0856. The monoisotopic (exact) mass is 138 g/mol. The molecule has 0 aromatic heterocycles. The molecule has 3 nitrogen and oxygen atoms in total. The molecular weight excluding hydrogens is 128 g/mol. The van der Waals surface area contributed by atoms with Crippen molar-refractivity contribution in [1.82, 2.24) is 5.32 Å². The van der Waals surface area contributed by atoms with Gasteiger partial charge < -0.3 is 11.1 Å². The van der Waals surface area contributed by atoms with Gasteiger partial charge in [0.15, 0.2) is 0 Å². The summed E-state index contributed by atoms with van der Waals surface area (Å²) in [5.74, 6) is -0.280. The van der Waals surface area contributed by atoms with E-state index in [9.17, 15) is 4.79 Å². The smallest absolute Gasteiger partial charge is 0.219 e. The van der Waals surface area contributed by atoms with Crippen LogP contribution in [0.25, 0.3) is 0 Å². The Kier molecular flexibility index (Phi) is 2.10. The SMILES string of the molecule is NC(=O)CC1C=CC=CN1. The Morgan fingerprint density at radius 1 is 1.60 bits per heavy atom. The third kappa shape index (κ3) is 1.93. The molecular formula is C7H10N2O. The van der Waals surface area contributed by atoms with Crippen molar-refractivity contribution in [3.63, 3.8) is 0 Å². The lowest BCUT2D eigenvalue weighted by Gasteiger charge is -2.12. The third-order valence-electron chi connectivity index (χ3n) is 1.28. The number of allylic oxidation sites excluding steroid dienone is 2. The molecule has 0 saturated heterocycles. The highest BCUT2D eigenvalue weighted by Crippen LogP contribution is 1.97. The minimum Gasteiger partial charge on any atom is -0.384 e. The van der Waals surface area contributed by atoms with Gasteiger partial charge >= 0.3 is 0 Å². The van der Waals surface area contributed by atoms with Gasteiger partial charge in [0.1, 0.15) is 0 Å². The van der Waals surface area contributed by atoms with Crippen molar-refractivity contribution in [3.8, 4) is 0 Å². The van der Waals surface area contributed by atoms with Crippen LogP contribution >= 0.6 is 0 Å². The Balaban J connectivity index is 2.37. The van der Waals surface area contributed by atoms with Gasteiger partial charge in [0.25, 0.3) is 0 Å². The number of hydrogen-bond acceptors (Lipinski definition) is 2. The predicted molar refractivity (Wildman–Crippen MR) is 39.0 cm³/mol. The summed E-state index contributed by atoms with van der Waals surface area (Å²) < 4.78 is 0. The fourth-order valence-electron chi connectivity index (χ4n) is 0.832. The first-order valence-corrected chi connectivity index (χ1v) is 3.17. The van der Waals surface area contributed by atoms with Crippen molar-refractivity contribution >= 4 is 5.91 Å². The van der Waals surface area contributed by atoms with Crippen molar-refractivity contribution < 1.29 is 4.79 Å². The van der Waals surface area contributed by atoms with Gasteiger partial charge in [-0.05, 0) is 12.3 Å². The molecule has 3 N–H and O–H groups in total. The van der Waals surface area contributed by atoms with Gasteiger partial charge in [-0.25, -0.2) is 0 Å². The molecule has 54 valence electrons. The quantitative estimate of drug-likeness (QED) is 0.560. The van der Waals surface area contributed by atoms with Crippen molar-refractivity contribution in [2.75, 3.05) is 0 Å². The highest BCUT2D eigenvalue weighted by molar-refractivity contribution is 5.74. The fourth-order valence-corrected chi connectivity index (χ4v) is 0.832. The number of nitrogens with one attached hydrogen (secondary N) is 1. The van der Waals surface area contributed by atoms with E-state index in [2.05, 4.69) is 5.32 Å². The molecule has 1 heterocycles. The van der Waals surface area contributed by atoms with Crippen LogP contribution < -0.4 is 11.1 Å². The molecule has 0 fully saturated rings. The van der Waals surface area contributed by atoms with Gasteiger partial charge in [-0.2, -0.15) is 0 Å². The molecule has 0 radical (unpaired) electrons. The van der Waals surface area contributed by atoms with Crippen LogP contribution in [0, 0.1) is 0 Å². The largest absolute Gasteiger partial charge is 0.384 e. The number of rotatable bonds is 2. The van der Waals surface area contributed by atoms with Gasteiger partial charge in [0.05, 0.1) is 12.5 Å². The van der Waals surface area contributed by atoms with Crippen LogP contribution in [-0.2, 0) is 4.79 Å². The zero-order valence-corrected chi connectivity index (χ0v) is 5.58. The van der Waals surface area contributed by atoms with Crippen LogP contribution in [-0.4, -0.2) is 11.9 Å². The Labute approximate surface area is 59.6 Å². The van der Waals surface area contributed by atoms with E-state index in [0.717, 1.165) is 0 Å². The fraction of sp³-hybridized carbons (Fsp3) is 0.286. The number of dihydropyridines is 1. The first kappa shape index (κ1) is 6.86. The van der Waals surface area contributed by atoms with Gasteiger partial charge in [-0.3, -0.25) is 4.79 Å². The highest BCUT2D eigenvalue weighted by atomic mass is 16.1. The zero-order valence-electron chi connectivity index (χ0n) is 5.58. The van der Waals surface area contributed by atoms with Crippen LogP contribution in [0.5, 0.6) is 0 Å². The summed E-state index contributed by atoms with van der Waals surface area (Å²) in [4.78, 5) is 10.4. The molecule has 1 rings (SSSR count). The van der Waals surface area contributed by atoms with Crippen molar-refractivity contribution in [2.45, 2.75) is 12.5 Å². The molecule has 0 bridgehead atoms. The summed E-state index contributed by atoms with van der Waals surface area (Å²) in [5, 5.41) is 2.98. The second kappa shape index (κ2) is 3.06. The number of hydrogen-bond donors (Lipinski definition) is 2.